The fourth-order valence-electron chi connectivity index (χ4n) is 4.56. The van der Waals surface area contributed by atoms with E-state index < -0.39 is 104 Å². The molecule has 258 valence electrons. The van der Waals surface area contributed by atoms with Crippen molar-refractivity contribution in [2.45, 2.75) is 69.5 Å². The highest BCUT2D eigenvalue weighted by atomic mass is 32.1. The molecule has 3 heterocycles. The van der Waals surface area contributed by atoms with Gasteiger partial charge in [-0.05, 0) is 49.8 Å². The van der Waals surface area contributed by atoms with E-state index in [4.69, 9.17) is 15.9 Å². The highest BCUT2D eigenvalue weighted by Crippen LogP contribution is 2.21. The van der Waals surface area contributed by atoms with Crippen LogP contribution in [-0.4, -0.2) is 95.1 Å². The number of nitrogens with zero attached hydrogens (tertiary/aromatic N) is 1. The third-order valence-corrected chi connectivity index (χ3v) is 8.15. The molecule has 0 unspecified atom stereocenters. The molecule has 0 fully saturated rings. The number of aryl methyl sites for hydroxylation is 2. The van der Waals surface area contributed by atoms with Gasteiger partial charge < -0.3 is 47.1 Å². The Hall–Kier alpha value is -5.79. The number of H-pyrrole nitrogens is 2. The Morgan fingerprint density at radius 2 is 1.33 bits per heavy atom. The zero-order valence-corrected chi connectivity index (χ0v) is 25.9. The number of fused-ring (bicyclic) bond motifs is 1. The van der Waals surface area contributed by atoms with Crippen LogP contribution in [0.2, 0.25) is 0 Å². The van der Waals surface area contributed by atoms with Crippen LogP contribution < -0.4 is 27.2 Å². The predicted octanol–water partition coefficient (Wildman–Crippen LogP) is -0.573. The summed E-state index contributed by atoms with van der Waals surface area (Å²) in [4.78, 5) is 105. The van der Waals surface area contributed by atoms with Gasteiger partial charge in [-0.1, -0.05) is 0 Å². The van der Waals surface area contributed by atoms with Crippen LogP contribution in [0, 0.1) is 0 Å². The van der Waals surface area contributed by atoms with Crippen molar-refractivity contribution in [3.05, 3.63) is 44.0 Å². The summed E-state index contributed by atoms with van der Waals surface area (Å²) in [6.07, 6.45) is -0.247. The molecule has 0 saturated heterocycles. The van der Waals surface area contributed by atoms with Gasteiger partial charge in [-0.15, -0.1) is 11.3 Å². The number of hydrogen-bond donors (Lipinski definition) is 10. The lowest BCUT2D eigenvalue weighted by Crippen LogP contribution is -2.45. The third-order valence-electron chi connectivity index (χ3n) is 7.01. The Morgan fingerprint density at radius 3 is 1.88 bits per heavy atom. The number of nitrogen functional groups attached to an aromatic ring is 1. The molecule has 0 aliphatic rings. The molecule has 0 aliphatic carbocycles. The zero-order valence-electron chi connectivity index (χ0n) is 25.1. The Morgan fingerprint density at radius 1 is 0.792 bits per heavy atom. The van der Waals surface area contributed by atoms with Crippen molar-refractivity contribution in [1.82, 2.24) is 30.9 Å². The van der Waals surface area contributed by atoms with Crippen LogP contribution in [-0.2, 0) is 41.6 Å². The molecule has 0 bridgehead atoms. The van der Waals surface area contributed by atoms with Gasteiger partial charge in [0.1, 0.15) is 23.8 Å². The number of aliphatic carboxylic acids is 4. The summed E-state index contributed by atoms with van der Waals surface area (Å²) in [5.74, 6) is -8.18. The summed E-state index contributed by atoms with van der Waals surface area (Å²) in [7, 11) is 0. The molecule has 48 heavy (non-hydrogen) atoms. The fraction of sp³-hybridized carbons (Fsp3) is 0.393. The summed E-state index contributed by atoms with van der Waals surface area (Å²) in [6.45, 7) is 0. The van der Waals surface area contributed by atoms with Crippen molar-refractivity contribution >= 4 is 69.9 Å². The van der Waals surface area contributed by atoms with Crippen LogP contribution >= 0.6 is 11.3 Å². The maximum atomic E-state index is 12.8. The van der Waals surface area contributed by atoms with Gasteiger partial charge in [0.05, 0.1) is 10.3 Å². The molecule has 20 heteroatoms. The average molecular weight is 692 g/mol. The van der Waals surface area contributed by atoms with Gasteiger partial charge >= 0.3 is 23.9 Å². The number of carboxylic acid groups (broad SMARTS) is 4. The minimum atomic E-state index is -1.58. The van der Waals surface area contributed by atoms with Crippen LogP contribution in [0.25, 0.3) is 11.0 Å². The Bertz CT molecular complexity index is 1760. The highest BCUT2D eigenvalue weighted by Gasteiger charge is 2.26. The first-order valence-corrected chi connectivity index (χ1v) is 15.2. The van der Waals surface area contributed by atoms with Gasteiger partial charge in [-0.25, -0.2) is 14.4 Å². The Labute approximate surface area is 273 Å². The number of aromatic nitrogens is 3. The van der Waals surface area contributed by atoms with E-state index in [2.05, 4.69) is 30.9 Å². The van der Waals surface area contributed by atoms with Gasteiger partial charge in [0.15, 0.2) is 0 Å². The van der Waals surface area contributed by atoms with Crippen LogP contribution in [0.4, 0.5) is 5.95 Å². The summed E-state index contributed by atoms with van der Waals surface area (Å²) in [5.41, 5.74) is 6.20. The fourth-order valence-corrected chi connectivity index (χ4v) is 5.47. The number of nitrogens with two attached hydrogens (primary N) is 1. The standard InChI is InChI=1S/C28H33N7O12S/c29-28-34-22-21(24(41)35-28)12(11-30-22)1-2-13-3-7-17(48-13)23(40)33-16(27(46)47)5-9-19(37)31-14(25(42)43)4-8-18(36)32-15(26(44)45)6-10-20(38)39/h3,7,11,14-16H,1-2,4-6,8-10H2,(H,31,37)(H,32,36)(H,33,40)(H,38,39)(H,42,43)(H,44,45)(H,46,47)(H4,29,30,34,35,41)/t14-,15-,16-/m0/s1. The second-order valence-corrected chi connectivity index (χ2v) is 11.7. The molecular formula is C28H33N7O12S. The molecule has 11 N–H and O–H groups in total. The van der Waals surface area contributed by atoms with E-state index in [9.17, 15) is 48.6 Å². The maximum absolute atomic E-state index is 12.8. The second-order valence-electron chi connectivity index (χ2n) is 10.5. The maximum Gasteiger partial charge on any atom is 0.326 e. The van der Waals surface area contributed by atoms with Crippen molar-refractivity contribution in [3.63, 3.8) is 0 Å². The van der Waals surface area contributed by atoms with Gasteiger partial charge in [0, 0.05) is 30.3 Å². The lowest BCUT2D eigenvalue weighted by atomic mass is 10.1. The molecule has 3 aromatic heterocycles. The van der Waals surface area contributed by atoms with Crippen molar-refractivity contribution in [1.29, 1.82) is 0 Å². The molecule has 3 rings (SSSR count). The van der Waals surface area contributed by atoms with Crippen LogP contribution in [0.5, 0.6) is 0 Å². The van der Waals surface area contributed by atoms with E-state index in [0.717, 1.165) is 16.2 Å². The monoisotopic (exact) mass is 691 g/mol. The second kappa shape index (κ2) is 16.7. The van der Waals surface area contributed by atoms with Crippen molar-refractivity contribution in [3.8, 4) is 0 Å². The molecule has 0 spiro atoms. The molecule has 0 aromatic carbocycles. The molecule has 0 aliphatic heterocycles. The zero-order chi connectivity index (χ0) is 35.5. The quantitative estimate of drug-likeness (QED) is 0.0753. The number of aromatic amines is 2. The smallest absolute Gasteiger partial charge is 0.326 e. The third kappa shape index (κ3) is 10.6. The normalized spacial score (nSPS) is 12.8. The number of carbonyl (C=O) groups excluding carboxylic acids is 3. The molecule has 3 amide bonds. The van der Waals surface area contributed by atoms with E-state index in [1.807, 2.05) is 0 Å². The molecule has 19 nitrogen and oxygen atoms in total. The number of amides is 3. The van der Waals surface area contributed by atoms with E-state index in [-0.39, 0.29) is 10.8 Å². The summed E-state index contributed by atoms with van der Waals surface area (Å²) in [6, 6.07) is -1.40. The molecule has 0 radical (unpaired) electrons. The molecule has 3 atom stereocenters. The van der Waals surface area contributed by atoms with Gasteiger partial charge in [0.25, 0.3) is 11.5 Å². The number of carboxylic acids is 4. The predicted molar refractivity (Wildman–Crippen MR) is 166 cm³/mol. The molecular weight excluding hydrogens is 658 g/mol. The van der Waals surface area contributed by atoms with E-state index in [1.54, 1.807) is 12.3 Å². The number of hydrogen-bond acceptors (Lipinski definition) is 11. The first kappa shape index (κ1) is 36.7. The first-order chi connectivity index (χ1) is 22.6. The van der Waals surface area contributed by atoms with E-state index >= 15 is 0 Å². The summed E-state index contributed by atoms with van der Waals surface area (Å²) >= 11 is 1.11. The number of rotatable bonds is 19. The van der Waals surface area contributed by atoms with E-state index in [1.165, 1.54) is 6.07 Å². The largest absolute Gasteiger partial charge is 0.481 e. The van der Waals surface area contributed by atoms with Crippen LogP contribution in [0.15, 0.2) is 23.1 Å². The van der Waals surface area contributed by atoms with Crippen LogP contribution in [0.1, 0.15) is 58.6 Å². The van der Waals surface area contributed by atoms with Gasteiger partial charge in [-0.2, -0.15) is 4.98 Å². The molecule has 0 saturated carbocycles. The number of thiophene rings is 1. The number of nitrogens with one attached hydrogen (secondary N) is 5. The number of anilines is 1. The average Bonchev–Trinajstić information content (AvgIpc) is 3.65. The van der Waals surface area contributed by atoms with Gasteiger partial charge in [-0.3, -0.25) is 29.0 Å². The van der Waals surface area contributed by atoms with Crippen molar-refractivity contribution in [2.75, 3.05) is 5.73 Å². The highest BCUT2D eigenvalue weighted by molar-refractivity contribution is 7.14. The van der Waals surface area contributed by atoms with Crippen LogP contribution in [0.3, 0.4) is 0 Å². The lowest BCUT2D eigenvalue weighted by Gasteiger charge is -2.17. The molecule has 3 aromatic rings. The minimum Gasteiger partial charge on any atom is -0.481 e. The van der Waals surface area contributed by atoms with E-state index in [0.29, 0.717) is 29.4 Å². The minimum absolute atomic E-state index is 0.0247. The number of carbonyl (C=O) groups is 7. The summed E-state index contributed by atoms with van der Waals surface area (Å²) < 4.78 is 0. The topological polar surface area (TPSA) is 324 Å². The van der Waals surface area contributed by atoms with Crippen molar-refractivity contribution < 1.29 is 54.0 Å². The Balaban J connectivity index is 1.49. The summed E-state index contributed by atoms with van der Waals surface area (Å²) in [5, 5.41) is 43.9. The Kier molecular flexibility index (Phi) is 12.7. The first-order valence-electron chi connectivity index (χ1n) is 14.4. The van der Waals surface area contributed by atoms with Crippen molar-refractivity contribution in [2.24, 2.45) is 0 Å². The SMILES string of the molecule is Nc1nc2[nH]cc(CCc3ccc(C(=O)N[C@@H](CCC(=O)N[C@@H](CCC(=O)N[C@@H](CCC(=O)O)C(=O)O)C(=O)O)C(=O)O)s3)c2c(=O)[nH]1. The van der Waals surface area contributed by atoms with Gasteiger partial charge in [0.2, 0.25) is 17.8 Å². The lowest BCUT2D eigenvalue weighted by molar-refractivity contribution is -0.144.